The maximum atomic E-state index is 12.0. The second-order valence-electron chi connectivity index (χ2n) is 6.35. The van der Waals surface area contributed by atoms with E-state index in [1.807, 2.05) is 38.1 Å². The SMILES string of the molecule is CC(C)(N)CNC(=O)CCC1Cc2ccccc2NC1=O. The number of anilines is 1. The van der Waals surface area contributed by atoms with Gasteiger partial charge in [0.25, 0.3) is 0 Å². The van der Waals surface area contributed by atoms with Crippen molar-refractivity contribution in [3.63, 3.8) is 0 Å². The third-order valence-corrected chi connectivity index (χ3v) is 3.57. The molecule has 1 heterocycles. The second kappa shape index (κ2) is 6.26. The number of carbonyl (C=O) groups excluding carboxylic acids is 2. The fraction of sp³-hybridized carbons (Fsp3) is 0.500. The minimum Gasteiger partial charge on any atom is -0.354 e. The first kappa shape index (κ1) is 15.5. The van der Waals surface area contributed by atoms with Gasteiger partial charge in [0.05, 0.1) is 0 Å². The van der Waals surface area contributed by atoms with Gasteiger partial charge in [0.15, 0.2) is 0 Å². The van der Waals surface area contributed by atoms with E-state index in [0.29, 0.717) is 25.8 Å². The Morgan fingerprint density at radius 3 is 2.86 bits per heavy atom. The number of para-hydroxylation sites is 1. The Balaban J connectivity index is 1.84. The molecule has 4 N–H and O–H groups in total. The molecular weight excluding hydrogens is 266 g/mol. The first-order chi connectivity index (χ1) is 9.85. The quantitative estimate of drug-likeness (QED) is 0.766. The third-order valence-electron chi connectivity index (χ3n) is 3.57. The average molecular weight is 289 g/mol. The Morgan fingerprint density at radius 1 is 1.43 bits per heavy atom. The second-order valence-corrected chi connectivity index (χ2v) is 6.35. The number of carbonyl (C=O) groups is 2. The monoisotopic (exact) mass is 289 g/mol. The summed E-state index contributed by atoms with van der Waals surface area (Å²) in [5.41, 5.74) is 7.41. The van der Waals surface area contributed by atoms with E-state index in [4.69, 9.17) is 5.73 Å². The first-order valence-electron chi connectivity index (χ1n) is 7.29. The highest BCUT2D eigenvalue weighted by molar-refractivity contribution is 5.96. The summed E-state index contributed by atoms with van der Waals surface area (Å²) >= 11 is 0. The van der Waals surface area contributed by atoms with Gasteiger partial charge in [0.2, 0.25) is 11.8 Å². The predicted molar refractivity (Wildman–Crippen MR) is 82.8 cm³/mol. The van der Waals surface area contributed by atoms with Gasteiger partial charge in [-0.1, -0.05) is 18.2 Å². The molecule has 0 saturated heterocycles. The van der Waals surface area contributed by atoms with E-state index in [9.17, 15) is 9.59 Å². The van der Waals surface area contributed by atoms with Gasteiger partial charge in [0.1, 0.15) is 0 Å². The zero-order chi connectivity index (χ0) is 15.5. The molecule has 1 aliphatic rings. The number of nitrogens with one attached hydrogen (secondary N) is 2. The highest BCUT2D eigenvalue weighted by Crippen LogP contribution is 2.27. The van der Waals surface area contributed by atoms with Crippen molar-refractivity contribution in [2.24, 2.45) is 11.7 Å². The fourth-order valence-corrected chi connectivity index (χ4v) is 2.37. The lowest BCUT2D eigenvalue weighted by molar-refractivity contribution is -0.123. The lowest BCUT2D eigenvalue weighted by Crippen LogP contribution is -2.45. The summed E-state index contributed by atoms with van der Waals surface area (Å²) in [5.74, 6) is -0.197. The minimum absolute atomic E-state index is 0.000606. The van der Waals surface area contributed by atoms with E-state index in [-0.39, 0.29) is 17.7 Å². The molecule has 1 aromatic rings. The van der Waals surface area contributed by atoms with E-state index in [0.717, 1.165) is 11.3 Å². The van der Waals surface area contributed by atoms with Crippen LogP contribution in [0.2, 0.25) is 0 Å². The van der Waals surface area contributed by atoms with Crippen molar-refractivity contribution in [3.8, 4) is 0 Å². The highest BCUT2D eigenvalue weighted by Gasteiger charge is 2.26. The molecule has 2 rings (SSSR count). The van der Waals surface area contributed by atoms with Gasteiger partial charge in [-0.15, -0.1) is 0 Å². The van der Waals surface area contributed by atoms with Gasteiger partial charge in [-0.25, -0.2) is 0 Å². The molecule has 0 radical (unpaired) electrons. The standard InChI is InChI=1S/C16H23N3O2/c1-16(2,17)10-18-14(20)8-7-12-9-11-5-3-4-6-13(11)19-15(12)21/h3-6,12H,7-10,17H2,1-2H3,(H,18,20)(H,19,21). The first-order valence-corrected chi connectivity index (χ1v) is 7.29. The molecule has 114 valence electrons. The molecule has 0 aromatic heterocycles. The van der Waals surface area contributed by atoms with Gasteiger partial charge >= 0.3 is 0 Å². The number of hydrogen-bond donors (Lipinski definition) is 3. The summed E-state index contributed by atoms with van der Waals surface area (Å²) in [6.45, 7) is 4.16. The lowest BCUT2D eigenvalue weighted by atomic mass is 9.89. The Kier molecular flexibility index (Phi) is 4.63. The molecule has 5 heteroatoms. The van der Waals surface area contributed by atoms with E-state index < -0.39 is 5.54 Å². The van der Waals surface area contributed by atoms with Crippen LogP contribution in [0.5, 0.6) is 0 Å². The van der Waals surface area contributed by atoms with Crippen molar-refractivity contribution >= 4 is 17.5 Å². The van der Waals surface area contributed by atoms with Crippen molar-refractivity contribution in [3.05, 3.63) is 29.8 Å². The average Bonchev–Trinajstić information content (AvgIpc) is 2.42. The van der Waals surface area contributed by atoms with Crippen LogP contribution in [-0.2, 0) is 16.0 Å². The van der Waals surface area contributed by atoms with Crippen molar-refractivity contribution in [1.82, 2.24) is 5.32 Å². The van der Waals surface area contributed by atoms with Crippen LogP contribution in [0.1, 0.15) is 32.3 Å². The number of nitrogens with two attached hydrogens (primary N) is 1. The Morgan fingerprint density at radius 2 is 2.14 bits per heavy atom. The predicted octanol–water partition coefficient (Wildman–Crippen LogP) is 1.43. The molecule has 1 aliphatic heterocycles. The molecule has 0 bridgehead atoms. The maximum absolute atomic E-state index is 12.0. The fourth-order valence-electron chi connectivity index (χ4n) is 2.37. The molecule has 0 fully saturated rings. The van der Waals surface area contributed by atoms with Crippen LogP contribution in [0.4, 0.5) is 5.69 Å². The molecule has 1 atom stereocenters. The summed E-state index contributed by atoms with van der Waals surface area (Å²) in [4.78, 5) is 23.8. The van der Waals surface area contributed by atoms with Crippen LogP contribution in [-0.4, -0.2) is 23.9 Å². The Hall–Kier alpha value is -1.88. The number of fused-ring (bicyclic) bond motifs is 1. The Labute approximate surface area is 125 Å². The molecule has 0 saturated carbocycles. The summed E-state index contributed by atoms with van der Waals surface area (Å²) in [6, 6.07) is 7.78. The summed E-state index contributed by atoms with van der Waals surface area (Å²) in [7, 11) is 0. The molecule has 1 unspecified atom stereocenters. The van der Waals surface area contributed by atoms with Crippen LogP contribution in [0.15, 0.2) is 24.3 Å². The number of rotatable bonds is 5. The van der Waals surface area contributed by atoms with Crippen molar-refractivity contribution in [1.29, 1.82) is 0 Å². The topological polar surface area (TPSA) is 84.2 Å². The molecule has 2 amide bonds. The number of amides is 2. The van der Waals surface area contributed by atoms with Gasteiger partial charge < -0.3 is 16.4 Å². The smallest absolute Gasteiger partial charge is 0.227 e. The van der Waals surface area contributed by atoms with E-state index in [1.165, 1.54) is 0 Å². The van der Waals surface area contributed by atoms with Gasteiger partial charge in [-0.2, -0.15) is 0 Å². The van der Waals surface area contributed by atoms with Crippen molar-refractivity contribution in [2.75, 3.05) is 11.9 Å². The third kappa shape index (κ3) is 4.56. The summed E-state index contributed by atoms with van der Waals surface area (Å²) in [6.07, 6.45) is 1.59. The van der Waals surface area contributed by atoms with Gasteiger partial charge in [0, 0.05) is 30.1 Å². The van der Waals surface area contributed by atoms with Crippen molar-refractivity contribution < 1.29 is 9.59 Å². The van der Waals surface area contributed by atoms with Gasteiger partial charge in [-0.3, -0.25) is 9.59 Å². The van der Waals surface area contributed by atoms with E-state index >= 15 is 0 Å². The van der Waals surface area contributed by atoms with Crippen LogP contribution in [0.3, 0.4) is 0 Å². The highest BCUT2D eigenvalue weighted by atomic mass is 16.2. The molecular formula is C16H23N3O2. The number of benzene rings is 1. The van der Waals surface area contributed by atoms with Crippen LogP contribution in [0.25, 0.3) is 0 Å². The number of hydrogen-bond acceptors (Lipinski definition) is 3. The largest absolute Gasteiger partial charge is 0.354 e. The molecule has 0 aliphatic carbocycles. The minimum atomic E-state index is -0.420. The van der Waals surface area contributed by atoms with Crippen molar-refractivity contribution in [2.45, 2.75) is 38.6 Å². The normalized spacial score (nSPS) is 17.9. The molecule has 5 nitrogen and oxygen atoms in total. The zero-order valence-electron chi connectivity index (χ0n) is 12.6. The molecule has 1 aromatic carbocycles. The Bertz CT molecular complexity index is 535. The van der Waals surface area contributed by atoms with Crippen LogP contribution < -0.4 is 16.4 Å². The van der Waals surface area contributed by atoms with Crippen LogP contribution >= 0.6 is 0 Å². The summed E-state index contributed by atoms with van der Waals surface area (Å²) < 4.78 is 0. The van der Waals surface area contributed by atoms with E-state index in [2.05, 4.69) is 10.6 Å². The molecule has 21 heavy (non-hydrogen) atoms. The lowest BCUT2D eigenvalue weighted by Gasteiger charge is -2.24. The van der Waals surface area contributed by atoms with Crippen LogP contribution in [0, 0.1) is 5.92 Å². The maximum Gasteiger partial charge on any atom is 0.227 e. The zero-order valence-corrected chi connectivity index (χ0v) is 12.6. The van der Waals surface area contributed by atoms with Gasteiger partial charge in [-0.05, 0) is 38.3 Å². The molecule has 0 spiro atoms. The van der Waals surface area contributed by atoms with E-state index in [1.54, 1.807) is 0 Å². The summed E-state index contributed by atoms with van der Waals surface area (Å²) in [5, 5.41) is 5.70.